The Balaban J connectivity index is 1.92. The summed E-state index contributed by atoms with van der Waals surface area (Å²) in [4.78, 5) is 11.7. The second-order valence-corrected chi connectivity index (χ2v) is 7.69. The first-order valence-electron chi connectivity index (χ1n) is 6.70. The van der Waals surface area contributed by atoms with Crippen molar-refractivity contribution in [2.24, 2.45) is 0 Å². The molecule has 1 amide bonds. The standard InChI is InChI=1S/C15H12Cl2N2O3S/c1-8-11-6-9(2-5-14(11)18-15(8)20)19-23(21,22)10-3-4-12(16)13(17)7-10/h2-8,19H,1H3,(H,18,20). The predicted octanol–water partition coefficient (Wildman–Crippen LogP) is 3.85. The summed E-state index contributed by atoms with van der Waals surface area (Å²) in [5, 5.41) is 3.17. The van der Waals surface area contributed by atoms with Crippen molar-refractivity contribution in [2.75, 3.05) is 10.0 Å². The molecule has 3 rings (SSSR count). The van der Waals surface area contributed by atoms with Gasteiger partial charge in [0, 0.05) is 11.4 Å². The van der Waals surface area contributed by atoms with E-state index in [1.165, 1.54) is 18.2 Å². The Hall–Kier alpha value is -1.76. The molecule has 0 fully saturated rings. The molecule has 0 saturated carbocycles. The third-order valence-corrected chi connectivity index (χ3v) is 5.74. The highest BCUT2D eigenvalue weighted by atomic mass is 35.5. The first-order valence-corrected chi connectivity index (χ1v) is 8.94. The molecular weight excluding hydrogens is 359 g/mol. The molecule has 0 bridgehead atoms. The van der Waals surface area contributed by atoms with Crippen molar-refractivity contribution in [3.05, 3.63) is 52.0 Å². The fraction of sp³-hybridized carbons (Fsp3) is 0.133. The molecule has 1 unspecified atom stereocenters. The average Bonchev–Trinajstić information content (AvgIpc) is 2.77. The van der Waals surface area contributed by atoms with E-state index in [1.807, 2.05) is 0 Å². The molecule has 2 aromatic rings. The number of hydrogen-bond donors (Lipinski definition) is 2. The van der Waals surface area contributed by atoms with Crippen LogP contribution >= 0.6 is 23.2 Å². The van der Waals surface area contributed by atoms with Crippen LogP contribution in [0.25, 0.3) is 0 Å². The van der Waals surface area contributed by atoms with Crippen LogP contribution in [0.3, 0.4) is 0 Å². The molecule has 1 heterocycles. The highest BCUT2D eigenvalue weighted by Gasteiger charge is 2.27. The average molecular weight is 371 g/mol. The Morgan fingerprint density at radius 3 is 2.52 bits per heavy atom. The number of nitrogens with one attached hydrogen (secondary N) is 2. The summed E-state index contributed by atoms with van der Waals surface area (Å²) in [7, 11) is -3.80. The quantitative estimate of drug-likeness (QED) is 0.861. The zero-order chi connectivity index (χ0) is 16.8. The van der Waals surface area contributed by atoms with Crippen LogP contribution in [0.15, 0.2) is 41.3 Å². The number of halogens is 2. The monoisotopic (exact) mass is 370 g/mol. The number of sulfonamides is 1. The highest BCUT2D eigenvalue weighted by Crippen LogP contribution is 2.34. The number of carbonyl (C=O) groups is 1. The van der Waals surface area contributed by atoms with Gasteiger partial charge < -0.3 is 5.32 Å². The smallest absolute Gasteiger partial charge is 0.261 e. The lowest BCUT2D eigenvalue weighted by Gasteiger charge is -2.10. The Kier molecular flexibility index (Phi) is 4.00. The maximum absolute atomic E-state index is 12.4. The molecule has 2 aromatic carbocycles. The molecule has 1 atom stereocenters. The van der Waals surface area contributed by atoms with Crippen LogP contribution in [0.4, 0.5) is 11.4 Å². The van der Waals surface area contributed by atoms with E-state index < -0.39 is 10.0 Å². The number of rotatable bonds is 3. The number of anilines is 2. The number of benzene rings is 2. The summed E-state index contributed by atoms with van der Waals surface area (Å²) in [6.45, 7) is 1.76. The lowest BCUT2D eigenvalue weighted by atomic mass is 10.0. The first kappa shape index (κ1) is 16.1. The van der Waals surface area contributed by atoms with E-state index in [0.717, 1.165) is 5.56 Å². The van der Waals surface area contributed by atoms with Gasteiger partial charge in [-0.15, -0.1) is 0 Å². The van der Waals surface area contributed by atoms with Gasteiger partial charge in [-0.2, -0.15) is 0 Å². The van der Waals surface area contributed by atoms with Crippen LogP contribution in [-0.4, -0.2) is 14.3 Å². The van der Waals surface area contributed by atoms with Gasteiger partial charge >= 0.3 is 0 Å². The van der Waals surface area contributed by atoms with Crippen molar-refractivity contribution in [2.45, 2.75) is 17.7 Å². The second kappa shape index (κ2) is 5.70. The minimum Gasteiger partial charge on any atom is -0.325 e. The molecular formula is C15H12Cl2N2O3S. The van der Waals surface area contributed by atoms with Crippen molar-refractivity contribution in [3.8, 4) is 0 Å². The fourth-order valence-corrected chi connectivity index (χ4v) is 3.78. The maximum atomic E-state index is 12.4. The molecule has 1 aliphatic heterocycles. The Labute approximate surface area is 143 Å². The van der Waals surface area contributed by atoms with Crippen molar-refractivity contribution in [3.63, 3.8) is 0 Å². The maximum Gasteiger partial charge on any atom is 0.261 e. The largest absolute Gasteiger partial charge is 0.325 e. The number of amides is 1. The summed E-state index contributed by atoms with van der Waals surface area (Å²) in [5.74, 6) is -0.427. The van der Waals surface area contributed by atoms with E-state index in [9.17, 15) is 13.2 Å². The van der Waals surface area contributed by atoms with E-state index in [1.54, 1.807) is 25.1 Å². The number of carbonyl (C=O) groups excluding carboxylic acids is 1. The number of hydrogen-bond acceptors (Lipinski definition) is 3. The summed E-state index contributed by atoms with van der Waals surface area (Å²) < 4.78 is 27.3. The summed E-state index contributed by atoms with van der Waals surface area (Å²) in [6.07, 6.45) is 0. The summed E-state index contributed by atoms with van der Waals surface area (Å²) in [5.41, 5.74) is 1.82. The van der Waals surface area contributed by atoms with E-state index >= 15 is 0 Å². The van der Waals surface area contributed by atoms with Gasteiger partial charge in [-0.25, -0.2) is 8.42 Å². The highest BCUT2D eigenvalue weighted by molar-refractivity contribution is 7.92. The zero-order valence-electron chi connectivity index (χ0n) is 11.9. The van der Waals surface area contributed by atoms with Gasteiger partial charge in [0.1, 0.15) is 0 Å². The third kappa shape index (κ3) is 3.02. The molecule has 0 saturated heterocycles. The second-order valence-electron chi connectivity index (χ2n) is 5.19. The molecule has 120 valence electrons. The van der Waals surface area contributed by atoms with Gasteiger partial charge in [0.25, 0.3) is 10.0 Å². The third-order valence-electron chi connectivity index (χ3n) is 3.62. The van der Waals surface area contributed by atoms with Crippen molar-refractivity contribution >= 4 is 50.5 Å². The molecule has 8 heteroatoms. The SMILES string of the molecule is CC1C(=O)Nc2ccc(NS(=O)(=O)c3ccc(Cl)c(Cl)c3)cc21. The molecule has 0 spiro atoms. The predicted molar refractivity (Wildman–Crippen MR) is 90.8 cm³/mol. The van der Waals surface area contributed by atoms with Gasteiger partial charge in [0.05, 0.1) is 20.9 Å². The van der Waals surface area contributed by atoms with Crippen molar-refractivity contribution in [1.29, 1.82) is 0 Å². The van der Waals surface area contributed by atoms with Crippen LogP contribution < -0.4 is 10.0 Å². The molecule has 5 nitrogen and oxygen atoms in total. The van der Waals surface area contributed by atoms with Gasteiger partial charge in [-0.3, -0.25) is 9.52 Å². The lowest BCUT2D eigenvalue weighted by Crippen LogP contribution is -2.13. The molecule has 1 aliphatic rings. The van der Waals surface area contributed by atoms with E-state index in [0.29, 0.717) is 11.4 Å². The summed E-state index contributed by atoms with van der Waals surface area (Å²) in [6, 6.07) is 8.99. The van der Waals surface area contributed by atoms with Gasteiger partial charge in [0.2, 0.25) is 5.91 Å². The lowest BCUT2D eigenvalue weighted by molar-refractivity contribution is -0.116. The zero-order valence-corrected chi connectivity index (χ0v) is 14.3. The summed E-state index contributed by atoms with van der Waals surface area (Å²) >= 11 is 11.7. The van der Waals surface area contributed by atoms with Crippen LogP contribution in [0, 0.1) is 0 Å². The Morgan fingerprint density at radius 2 is 1.83 bits per heavy atom. The fourth-order valence-electron chi connectivity index (χ4n) is 2.34. The first-order chi connectivity index (χ1) is 10.8. The Bertz CT molecular complexity index is 913. The van der Waals surface area contributed by atoms with Gasteiger partial charge in [-0.1, -0.05) is 23.2 Å². The van der Waals surface area contributed by atoms with Crippen molar-refractivity contribution < 1.29 is 13.2 Å². The van der Waals surface area contributed by atoms with Crippen LogP contribution in [0.1, 0.15) is 18.4 Å². The van der Waals surface area contributed by atoms with Gasteiger partial charge in [-0.05, 0) is 48.9 Å². The molecule has 0 aromatic heterocycles. The molecule has 2 N–H and O–H groups in total. The van der Waals surface area contributed by atoms with E-state index in [4.69, 9.17) is 23.2 Å². The molecule has 0 aliphatic carbocycles. The Morgan fingerprint density at radius 1 is 1.09 bits per heavy atom. The van der Waals surface area contributed by atoms with Crippen LogP contribution in [-0.2, 0) is 14.8 Å². The topological polar surface area (TPSA) is 75.3 Å². The number of fused-ring (bicyclic) bond motifs is 1. The molecule has 23 heavy (non-hydrogen) atoms. The van der Waals surface area contributed by atoms with Gasteiger partial charge in [0.15, 0.2) is 0 Å². The minimum absolute atomic E-state index is 0.00893. The normalized spacial score (nSPS) is 16.8. The van der Waals surface area contributed by atoms with Crippen molar-refractivity contribution in [1.82, 2.24) is 0 Å². The van der Waals surface area contributed by atoms with E-state index in [-0.39, 0.29) is 26.8 Å². The van der Waals surface area contributed by atoms with Crippen LogP contribution in [0.2, 0.25) is 10.0 Å². The van der Waals surface area contributed by atoms with Crippen LogP contribution in [0.5, 0.6) is 0 Å². The van der Waals surface area contributed by atoms with E-state index in [2.05, 4.69) is 10.0 Å². The minimum atomic E-state index is -3.80. The molecule has 0 radical (unpaired) electrons.